The molecular formula is C28H27FN4O2. The number of hydrogen-bond acceptors (Lipinski definition) is 3. The summed E-state index contributed by atoms with van der Waals surface area (Å²) in [6.45, 7) is 9.41. The first kappa shape index (κ1) is 23.9. The fourth-order valence-corrected chi connectivity index (χ4v) is 4.28. The van der Waals surface area contributed by atoms with Crippen molar-refractivity contribution >= 4 is 17.6 Å². The first-order chi connectivity index (χ1) is 16.8. The molecule has 35 heavy (non-hydrogen) atoms. The molecule has 0 aliphatic carbocycles. The van der Waals surface area contributed by atoms with E-state index in [1.807, 2.05) is 56.3 Å². The molecule has 3 aromatic rings. The van der Waals surface area contributed by atoms with Gasteiger partial charge < -0.3 is 10.6 Å². The zero-order valence-corrected chi connectivity index (χ0v) is 19.9. The molecule has 1 aliphatic heterocycles. The normalized spacial score (nSPS) is 17.7. The maximum absolute atomic E-state index is 13.9. The molecule has 0 saturated carbocycles. The number of fused-ring (bicyclic) bond motifs is 1. The van der Waals surface area contributed by atoms with Crippen LogP contribution in [0.25, 0.3) is 5.69 Å². The standard InChI is InChI=1S/C28H27FN4O2/c1-5-20(29)16-15-18(3)23-24-19(4)32-33(21-12-7-6-8-13-21)26(24)31-28(35)25(23)30-27(34)22-14-10-9-11-17(22)2/h5-16,23,25H,3H2,1-2,4H3,(H,30,34)(H,31,35)/b16-15-,20-5+/t23-,25+/m0/s1. The van der Waals surface area contributed by atoms with Gasteiger partial charge in [0.15, 0.2) is 0 Å². The van der Waals surface area contributed by atoms with Crippen LogP contribution in [-0.4, -0.2) is 27.6 Å². The molecule has 4 rings (SSSR count). The van der Waals surface area contributed by atoms with Crippen molar-refractivity contribution in [3.8, 4) is 5.69 Å². The first-order valence-electron chi connectivity index (χ1n) is 11.3. The van der Waals surface area contributed by atoms with Crippen molar-refractivity contribution in [1.29, 1.82) is 0 Å². The third-order valence-electron chi connectivity index (χ3n) is 6.08. The average molecular weight is 471 g/mol. The van der Waals surface area contributed by atoms with Crippen molar-refractivity contribution in [2.24, 2.45) is 0 Å². The van der Waals surface area contributed by atoms with Crippen molar-refractivity contribution in [2.45, 2.75) is 32.7 Å². The average Bonchev–Trinajstić information content (AvgIpc) is 3.18. The number of amides is 2. The number of nitrogens with zero attached hydrogens (tertiary/aromatic N) is 2. The Morgan fingerprint density at radius 3 is 2.49 bits per heavy atom. The number of nitrogens with one attached hydrogen (secondary N) is 2. The first-order valence-corrected chi connectivity index (χ1v) is 11.3. The van der Waals surface area contributed by atoms with Gasteiger partial charge >= 0.3 is 0 Å². The minimum atomic E-state index is -0.965. The number of anilines is 1. The zero-order valence-electron chi connectivity index (χ0n) is 19.9. The van der Waals surface area contributed by atoms with Crippen LogP contribution in [0.4, 0.5) is 10.2 Å². The monoisotopic (exact) mass is 470 g/mol. The van der Waals surface area contributed by atoms with Crippen molar-refractivity contribution in [2.75, 3.05) is 5.32 Å². The Bertz CT molecular complexity index is 1350. The van der Waals surface area contributed by atoms with E-state index in [9.17, 15) is 14.0 Å². The maximum Gasteiger partial charge on any atom is 0.252 e. The third-order valence-corrected chi connectivity index (χ3v) is 6.08. The SMILES string of the molecule is C=C(/C=C\C(F)=C/C)[C@H]1c2c(C)nn(-c3ccccc3)c2NC(=O)[C@@H]1NC(=O)c1ccccc1C. The van der Waals surface area contributed by atoms with Crippen LogP contribution >= 0.6 is 0 Å². The molecule has 2 aromatic carbocycles. The van der Waals surface area contributed by atoms with Gasteiger partial charge in [0.25, 0.3) is 5.91 Å². The minimum Gasteiger partial charge on any atom is -0.339 e. The molecular weight excluding hydrogens is 443 g/mol. The molecule has 178 valence electrons. The van der Waals surface area contributed by atoms with Crippen LogP contribution in [0, 0.1) is 13.8 Å². The van der Waals surface area contributed by atoms with E-state index in [2.05, 4.69) is 22.3 Å². The van der Waals surface area contributed by atoms with Gasteiger partial charge in [0.05, 0.1) is 11.4 Å². The fraction of sp³-hybridized carbons (Fsp3) is 0.179. The molecule has 2 N–H and O–H groups in total. The van der Waals surface area contributed by atoms with Crippen LogP contribution < -0.4 is 10.6 Å². The van der Waals surface area contributed by atoms with E-state index in [4.69, 9.17) is 0 Å². The molecule has 0 bridgehead atoms. The molecule has 7 heteroatoms. The quantitative estimate of drug-likeness (QED) is 0.480. The molecule has 2 amide bonds. The minimum absolute atomic E-state index is 0.374. The lowest BCUT2D eigenvalue weighted by Crippen LogP contribution is -2.50. The number of benzene rings is 2. The number of hydrogen-bond donors (Lipinski definition) is 2. The second kappa shape index (κ2) is 9.93. The largest absolute Gasteiger partial charge is 0.339 e. The van der Waals surface area contributed by atoms with Crippen molar-refractivity contribution in [3.63, 3.8) is 0 Å². The van der Waals surface area contributed by atoms with Gasteiger partial charge in [-0.3, -0.25) is 9.59 Å². The number of carbonyl (C=O) groups is 2. The molecule has 0 radical (unpaired) electrons. The topological polar surface area (TPSA) is 76.0 Å². The summed E-state index contributed by atoms with van der Waals surface area (Å²) in [5.41, 5.74) is 3.91. The third kappa shape index (κ3) is 4.71. The van der Waals surface area contributed by atoms with Crippen molar-refractivity contribution < 1.29 is 14.0 Å². The summed E-state index contributed by atoms with van der Waals surface area (Å²) in [4.78, 5) is 26.5. The van der Waals surface area contributed by atoms with Crippen molar-refractivity contribution in [3.05, 3.63) is 113 Å². The summed E-state index contributed by atoms with van der Waals surface area (Å²) >= 11 is 0. The second-order valence-corrected chi connectivity index (χ2v) is 8.41. The van der Waals surface area contributed by atoms with Gasteiger partial charge in [-0.05, 0) is 56.2 Å². The maximum atomic E-state index is 13.9. The van der Waals surface area contributed by atoms with E-state index in [0.29, 0.717) is 22.6 Å². The smallest absolute Gasteiger partial charge is 0.252 e. The highest BCUT2D eigenvalue weighted by Crippen LogP contribution is 2.40. The van der Waals surface area contributed by atoms with E-state index in [1.165, 1.54) is 18.2 Å². The van der Waals surface area contributed by atoms with Gasteiger partial charge in [0, 0.05) is 17.0 Å². The summed E-state index contributed by atoms with van der Waals surface area (Å²) < 4.78 is 15.5. The molecule has 2 heterocycles. The van der Waals surface area contributed by atoms with Gasteiger partial charge in [-0.25, -0.2) is 9.07 Å². The number of carbonyl (C=O) groups excluding carboxylic acids is 2. The van der Waals surface area contributed by atoms with Crippen LogP contribution in [0.1, 0.15) is 40.0 Å². The van der Waals surface area contributed by atoms with Crippen LogP contribution in [0.5, 0.6) is 0 Å². The van der Waals surface area contributed by atoms with Gasteiger partial charge in [-0.15, -0.1) is 0 Å². The van der Waals surface area contributed by atoms with E-state index in [1.54, 1.807) is 23.7 Å². The van der Waals surface area contributed by atoms with E-state index in [-0.39, 0.29) is 5.91 Å². The second-order valence-electron chi connectivity index (χ2n) is 8.41. The highest BCUT2D eigenvalue weighted by molar-refractivity contribution is 6.04. The number of halogens is 1. The van der Waals surface area contributed by atoms with Crippen LogP contribution in [-0.2, 0) is 4.79 Å². The van der Waals surface area contributed by atoms with Gasteiger partial charge in [0.2, 0.25) is 5.91 Å². The number of rotatable bonds is 6. The summed E-state index contributed by atoms with van der Waals surface area (Å²) in [6.07, 6.45) is 4.17. The summed E-state index contributed by atoms with van der Waals surface area (Å²) in [7, 11) is 0. The Kier molecular flexibility index (Phi) is 6.78. The summed E-state index contributed by atoms with van der Waals surface area (Å²) in [6, 6.07) is 15.6. The number of aromatic nitrogens is 2. The highest BCUT2D eigenvalue weighted by Gasteiger charge is 2.41. The predicted molar refractivity (Wildman–Crippen MR) is 135 cm³/mol. The molecule has 1 aliphatic rings. The number of aryl methyl sites for hydroxylation is 2. The lowest BCUT2D eigenvalue weighted by Gasteiger charge is -2.33. The molecule has 0 fully saturated rings. The van der Waals surface area contributed by atoms with Crippen LogP contribution in [0.15, 0.2) is 90.8 Å². The highest BCUT2D eigenvalue weighted by atomic mass is 19.1. The lowest BCUT2D eigenvalue weighted by atomic mass is 9.81. The Morgan fingerprint density at radius 2 is 1.80 bits per heavy atom. The van der Waals surface area contributed by atoms with Gasteiger partial charge in [-0.1, -0.05) is 55.1 Å². The van der Waals surface area contributed by atoms with Crippen LogP contribution in [0.2, 0.25) is 0 Å². The molecule has 0 spiro atoms. The van der Waals surface area contributed by atoms with Crippen LogP contribution in [0.3, 0.4) is 0 Å². The molecule has 6 nitrogen and oxygen atoms in total. The Hall–Kier alpha value is -4.26. The Labute approximate surface area is 203 Å². The molecule has 1 aromatic heterocycles. The van der Waals surface area contributed by atoms with Crippen molar-refractivity contribution in [1.82, 2.24) is 15.1 Å². The lowest BCUT2D eigenvalue weighted by molar-refractivity contribution is -0.118. The molecule has 2 atom stereocenters. The Balaban J connectivity index is 1.80. The molecule has 0 saturated heterocycles. The molecule has 0 unspecified atom stereocenters. The number of para-hydroxylation sites is 1. The van der Waals surface area contributed by atoms with E-state index in [0.717, 1.165) is 16.8 Å². The predicted octanol–water partition coefficient (Wildman–Crippen LogP) is 5.31. The Morgan fingerprint density at radius 1 is 1.11 bits per heavy atom. The summed E-state index contributed by atoms with van der Waals surface area (Å²) in [5, 5.41) is 10.5. The number of allylic oxidation sites excluding steroid dienone is 4. The van der Waals surface area contributed by atoms with E-state index >= 15 is 0 Å². The van der Waals surface area contributed by atoms with Gasteiger partial charge in [-0.2, -0.15) is 5.10 Å². The fourth-order valence-electron chi connectivity index (χ4n) is 4.28. The van der Waals surface area contributed by atoms with Gasteiger partial charge in [0.1, 0.15) is 17.7 Å². The zero-order chi connectivity index (χ0) is 25.1. The van der Waals surface area contributed by atoms with E-state index < -0.39 is 23.7 Å². The summed E-state index contributed by atoms with van der Waals surface area (Å²) in [5.74, 6) is -1.34.